The Balaban J connectivity index is 1.78. The van der Waals surface area contributed by atoms with Crippen LogP contribution in [0.4, 0.5) is 0 Å². The molecule has 0 atom stereocenters. The summed E-state index contributed by atoms with van der Waals surface area (Å²) in [6, 6.07) is 0. The topological polar surface area (TPSA) is 89.1 Å². The van der Waals surface area contributed by atoms with Crippen molar-refractivity contribution in [3.05, 3.63) is 17.6 Å². The van der Waals surface area contributed by atoms with E-state index in [0.29, 0.717) is 18.1 Å². The number of carbonyl (C=O) groups is 1. The zero-order valence-corrected chi connectivity index (χ0v) is 12.4. The lowest BCUT2D eigenvalue weighted by Gasteiger charge is -2.34. The lowest BCUT2D eigenvalue weighted by molar-refractivity contribution is -0.140. The molecule has 21 heavy (non-hydrogen) atoms. The van der Waals surface area contributed by atoms with E-state index in [9.17, 15) is 9.90 Å². The highest BCUT2D eigenvalue weighted by Gasteiger charge is 2.36. The Kier molecular flexibility index (Phi) is 4.01. The van der Waals surface area contributed by atoms with Crippen LogP contribution in [-0.4, -0.2) is 26.2 Å². The van der Waals surface area contributed by atoms with Gasteiger partial charge in [0.2, 0.25) is 11.7 Å². The van der Waals surface area contributed by atoms with Crippen molar-refractivity contribution in [3.63, 3.8) is 0 Å². The summed E-state index contributed by atoms with van der Waals surface area (Å²) in [4.78, 5) is 20.4. The second-order valence-corrected chi connectivity index (χ2v) is 6.57. The number of thiazole rings is 1. The Morgan fingerprint density at radius 2 is 2.19 bits per heavy atom. The van der Waals surface area contributed by atoms with Gasteiger partial charge in [-0.25, -0.2) is 0 Å². The minimum Gasteiger partial charge on any atom is -0.481 e. The molecule has 2 aromatic rings. The van der Waals surface area contributed by atoms with Crippen LogP contribution in [0.15, 0.2) is 16.2 Å². The van der Waals surface area contributed by atoms with E-state index in [2.05, 4.69) is 15.1 Å². The molecule has 0 saturated heterocycles. The van der Waals surface area contributed by atoms with Crippen LogP contribution < -0.4 is 0 Å². The van der Waals surface area contributed by atoms with Gasteiger partial charge in [0.25, 0.3) is 0 Å². The average Bonchev–Trinajstić information content (AvgIpc) is 3.09. The Morgan fingerprint density at radius 3 is 2.86 bits per heavy atom. The highest BCUT2D eigenvalue weighted by molar-refractivity contribution is 7.13. The molecule has 2 aromatic heterocycles. The normalized spacial score (nSPS) is 17.7. The largest absolute Gasteiger partial charge is 0.481 e. The van der Waals surface area contributed by atoms with Gasteiger partial charge in [0.05, 0.1) is 16.8 Å². The van der Waals surface area contributed by atoms with Gasteiger partial charge < -0.3 is 9.63 Å². The zero-order chi connectivity index (χ0) is 14.7. The van der Waals surface area contributed by atoms with Crippen LogP contribution >= 0.6 is 11.3 Å². The van der Waals surface area contributed by atoms with E-state index in [1.54, 1.807) is 11.7 Å². The summed E-state index contributed by atoms with van der Waals surface area (Å²) < 4.78 is 5.32. The molecule has 1 aliphatic rings. The molecule has 1 N–H and O–H groups in total. The lowest BCUT2D eigenvalue weighted by Crippen LogP contribution is -2.29. The highest BCUT2D eigenvalue weighted by atomic mass is 32.1. The van der Waals surface area contributed by atoms with Gasteiger partial charge in [-0.3, -0.25) is 9.78 Å². The summed E-state index contributed by atoms with van der Waals surface area (Å²) in [5.74, 6) is 0.314. The number of nitrogens with zero attached hydrogens (tertiary/aromatic N) is 3. The second kappa shape index (κ2) is 5.93. The first-order valence-corrected chi connectivity index (χ1v) is 7.98. The maximum atomic E-state index is 11.2. The second-order valence-electron chi connectivity index (χ2n) is 5.69. The van der Waals surface area contributed by atoms with E-state index < -0.39 is 5.97 Å². The Labute approximate surface area is 126 Å². The van der Waals surface area contributed by atoms with E-state index in [1.165, 1.54) is 17.8 Å². The molecule has 0 radical (unpaired) electrons. The molecule has 1 saturated carbocycles. The quantitative estimate of drug-likeness (QED) is 0.912. The molecule has 112 valence electrons. The predicted octanol–water partition coefficient (Wildman–Crippen LogP) is 3.16. The molecule has 7 heteroatoms. The van der Waals surface area contributed by atoms with E-state index in [0.717, 1.165) is 30.6 Å². The van der Waals surface area contributed by atoms with E-state index >= 15 is 0 Å². The van der Waals surface area contributed by atoms with Gasteiger partial charge in [0.1, 0.15) is 0 Å². The van der Waals surface area contributed by atoms with Crippen molar-refractivity contribution >= 4 is 17.3 Å². The third-order valence-electron chi connectivity index (χ3n) is 4.09. The van der Waals surface area contributed by atoms with E-state index in [1.807, 2.05) is 0 Å². The predicted molar refractivity (Wildman–Crippen MR) is 76.9 cm³/mol. The summed E-state index contributed by atoms with van der Waals surface area (Å²) in [5.41, 5.74) is 1.49. The molecule has 0 aliphatic heterocycles. The van der Waals surface area contributed by atoms with Gasteiger partial charge in [0.15, 0.2) is 0 Å². The molecule has 0 amide bonds. The highest BCUT2D eigenvalue weighted by Crippen LogP contribution is 2.42. The summed E-state index contributed by atoms with van der Waals surface area (Å²) in [5, 5.41) is 13.2. The Bertz CT molecular complexity index is 603. The van der Waals surface area contributed by atoms with Crippen molar-refractivity contribution in [1.82, 2.24) is 15.1 Å². The van der Waals surface area contributed by atoms with Crippen LogP contribution in [0, 0.1) is 5.41 Å². The molecule has 3 rings (SSSR count). The average molecular weight is 307 g/mol. The van der Waals surface area contributed by atoms with Gasteiger partial charge in [0, 0.05) is 12.6 Å². The first kappa shape index (κ1) is 14.2. The zero-order valence-electron chi connectivity index (χ0n) is 11.6. The van der Waals surface area contributed by atoms with Crippen molar-refractivity contribution in [2.75, 3.05) is 0 Å². The summed E-state index contributed by atoms with van der Waals surface area (Å²) in [6.07, 6.45) is 7.57. The molecule has 6 nitrogen and oxygen atoms in total. The summed E-state index contributed by atoms with van der Waals surface area (Å²) >= 11 is 1.45. The maximum Gasteiger partial charge on any atom is 0.303 e. The fourth-order valence-corrected chi connectivity index (χ4v) is 3.66. The summed E-state index contributed by atoms with van der Waals surface area (Å²) in [6.45, 7) is 0. The maximum absolute atomic E-state index is 11.2. The van der Waals surface area contributed by atoms with Gasteiger partial charge in [-0.2, -0.15) is 4.98 Å². The van der Waals surface area contributed by atoms with Gasteiger partial charge in [-0.1, -0.05) is 24.4 Å². The van der Waals surface area contributed by atoms with Crippen LogP contribution in [0.2, 0.25) is 0 Å². The Hall–Kier alpha value is -1.76. The van der Waals surface area contributed by atoms with Gasteiger partial charge in [-0.15, -0.1) is 11.3 Å². The van der Waals surface area contributed by atoms with Gasteiger partial charge >= 0.3 is 5.97 Å². The molecule has 0 bridgehead atoms. The molecule has 0 unspecified atom stereocenters. The van der Waals surface area contributed by atoms with Crippen molar-refractivity contribution in [3.8, 4) is 10.7 Å². The van der Waals surface area contributed by atoms with Crippen LogP contribution in [0.25, 0.3) is 10.7 Å². The number of aliphatic carboxylic acids is 1. The van der Waals surface area contributed by atoms with E-state index in [4.69, 9.17) is 4.52 Å². The lowest BCUT2D eigenvalue weighted by atomic mass is 9.69. The first-order chi connectivity index (χ1) is 10.2. The third kappa shape index (κ3) is 3.29. The van der Waals surface area contributed by atoms with Crippen LogP contribution in [0.1, 0.15) is 44.4 Å². The third-order valence-corrected chi connectivity index (χ3v) is 4.86. The SMILES string of the molecule is O=C(O)CC1(Cc2nc(-c3cncs3)no2)CCCCC1. The van der Waals surface area contributed by atoms with Crippen molar-refractivity contribution in [1.29, 1.82) is 0 Å². The fraction of sp³-hybridized carbons (Fsp3) is 0.571. The number of rotatable bonds is 5. The van der Waals surface area contributed by atoms with E-state index in [-0.39, 0.29) is 11.8 Å². The minimum atomic E-state index is -0.751. The number of aromatic nitrogens is 3. The molecular formula is C14H17N3O3S. The molecule has 0 spiro atoms. The number of carboxylic acid groups (broad SMARTS) is 1. The van der Waals surface area contributed by atoms with Crippen LogP contribution in [0.5, 0.6) is 0 Å². The van der Waals surface area contributed by atoms with Crippen LogP contribution in [0.3, 0.4) is 0 Å². The monoisotopic (exact) mass is 307 g/mol. The molecule has 1 fully saturated rings. The smallest absolute Gasteiger partial charge is 0.303 e. The summed E-state index contributed by atoms with van der Waals surface area (Å²) in [7, 11) is 0. The first-order valence-electron chi connectivity index (χ1n) is 7.10. The standard InChI is InChI=1S/C14H17N3O3S/c18-12(19)7-14(4-2-1-3-5-14)6-11-16-13(17-20-11)10-8-15-9-21-10/h8-9H,1-7H2,(H,18,19). The van der Waals surface area contributed by atoms with Gasteiger partial charge in [-0.05, 0) is 18.3 Å². The molecule has 0 aromatic carbocycles. The minimum absolute atomic E-state index is 0.172. The van der Waals surface area contributed by atoms with Crippen molar-refractivity contribution in [2.45, 2.75) is 44.9 Å². The number of hydrogen-bond donors (Lipinski definition) is 1. The number of hydrogen-bond acceptors (Lipinski definition) is 6. The Morgan fingerprint density at radius 1 is 1.38 bits per heavy atom. The molecular weight excluding hydrogens is 290 g/mol. The fourth-order valence-electron chi connectivity index (χ4n) is 3.11. The number of carboxylic acids is 1. The van der Waals surface area contributed by atoms with Crippen molar-refractivity contribution < 1.29 is 14.4 Å². The van der Waals surface area contributed by atoms with Crippen molar-refractivity contribution in [2.24, 2.45) is 5.41 Å². The molecule has 1 aliphatic carbocycles. The van der Waals surface area contributed by atoms with Crippen LogP contribution in [-0.2, 0) is 11.2 Å². The molecule has 2 heterocycles.